The van der Waals surface area contributed by atoms with Gasteiger partial charge in [-0.25, -0.2) is 0 Å². The van der Waals surface area contributed by atoms with Crippen LogP contribution in [0.3, 0.4) is 0 Å². The summed E-state index contributed by atoms with van der Waals surface area (Å²) < 4.78 is 1.58. The van der Waals surface area contributed by atoms with E-state index in [1.165, 1.54) is 42.4 Å². The van der Waals surface area contributed by atoms with Crippen molar-refractivity contribution in [3.63, 3.8) is 0 Å². The largest absolute Gasteiger partial charge is 0.354 e. The van der Waals surface area contributed by atoms with Crippen LogP contribution in [0, 0.1) is 6.92 Å². The first-order chi connectivity index (χ1) is 14.7. The number of fused-ring (bicyclic) bond motifs is 1. The number of aryl methyl sites for hydroxylation is 1. The quantitative estimate of drug-likeness (QED) is 0.525. The van der Waals surface area contributed by atoms with Crippen LogP contribution in [0.1, 0.15) is 69.1 Å². The van der Waals surface area contributed by atoms with Gasteiger partial charge in [-0.1, -0.05) is 31.5 Å². The predicted octanol–water partition coefficient (Wildman–Crippen LogP) is 6.21. The van der Waals surface area contributed by atoms with Gasteiger partial charge in [-0.3, -0.25) is 4.79 Å². The molecule has 1 fully saturated rings. The molecule has 4 nitrogen and oxygen atoms in total. The predicted molar refractivity (Wildman–Crippen MR) is 131 cm³/mol. The van der Waals surface area contributed by atoms with Crippen molar-refractivity contribution in [1.82, 2.24) is 14.5 Å². The van der Waals surface area contributed by atoms with E-state index < -0.39 is 0 Å². The van der Waals surface area contributed by atoms with E-state index in [1.54, 1.807) is 11.6 Å². The molecule has 31 heavy (non-hydrogen) atoms. The Balaban J connectivity index is 1.80. The Hall–Kier alpha value is -2.04. The van der Waals surface area contributed by atoms with Crippen LogP contribution in [0.25, 0.3) is 22.2 Å². The fraction of sp³-hybridized carbons (Fsp3) is 0.500. The lowest BCUT2D eigenvalue weighted by molar-refractivity contribution is 0.172. The molecule has 0 radical (unpaired) electrons. The van der Waals surface area contributed by atoms with Crippen LogP contribution in [0.4, 0.5) is 0 Å². The van der Waals surface area contributed by atoms with E-state index in [0.29, 0.717) is 22.9 Å². The Morgan fingerprint density at radius 2 is 1.81 bits per heavy atom. The molecule has 2 aromatic heterocycles. The van der Waals surface area contributed by atoms with E-state index in [2.05, 4.69) is 55.8 Å². The number of pyridine rings is 1. The van der Waals surface area contributed by atoms with Gasteiger partial charge in [0.2, 0.25) is 0 Å². The number of benzene rings is 1. The van der Waals surface area contributed by atoms with Crippen molar-refractivity contribution in [2.24, 2.45) is 7.05 Å². The van der Waals surface area contributed by atoms with E-state index in [4.69, 9.17) is 11.6 Å². The van der Waals surface area contributed by atoms with Gasteiger partial charge >= 0.3 is 0 Å². The standard InChI is InChI=1S/C26H34ClN3O/c1-15(2)23-20-13-19(18-9-11-30(12-10-18)16(3)4)7-8-22(20)28-25(23)21-14-29(6)26(31)24(27)17(21)5/h7-8,13-16,18,28H,9-12H2,1-6H3. The van der Waals surface area contributed by atoms with E-state index in [-0.39, 0.29) is 5.56 Å². The molecule has 1 N–H and O–H groups in total. The molecule has 0 saturated carbocycles. The lowest BCUT2D eigenvalue weighted by Crippen LogP contribution is -2.37. The first-order valence-corrected chi connectivity index (χ1v) is 11.8. The second-order valence-electron chi connectivity index (χ2n) is 9.68. The van der Waals surface area contributed by atoms with Gasteiger partial charge in [-0.05, 0) is 87.4 Å². The molecule has 0 bridgehead atoms. The van der Waals surface area contributed by atoms with Crippen molar-refractivity contribution in [3.8, 4) is 11.3 Å². The lowest BCUT2D eigenvalue weighted by Gasteiger charge is -2.34. The number of halogens is 1. The van der Waals surface area contributed by atoms with Gasteiger partial charge in [-0.2, -0.15) is 0 Å². The maximum atomic E-state index is 12.3. The molecule has 5 heteroatoms. The van der Waals surface area contributed by atoms with Crippen LogP contribution >= 0.6 is 11.6 Å². The number of rotatable bonds is 4. The number of nitrogens with zero attached hydrogens (tertiary/aromatic N) is 2. The fourth-order valence-corrected chi connectivity index (χ4v) is 5.32. The lowest BCUT2D eigenvalue weighted by atomic mass is 9.87. The molecule has 3 aromatic rings. The Morgan fingerprint density at radius 1 is 1.13 bits per heavy atom. The van der Waals surface area contributed by atoms with E-state index in [9.17, 15) is 4.79 Å². The van der Waals surface area contributed by atoms with Gasteiger partial charge in [0.05, 0.1) is 5.69 Å². The molecule has 1 aliphatic heterocycles. The summed E-state index contributed by atoms with van der Waals surface area (Å²) in [5.74, 6) is 0.962. The minimum Gasteiger partial charge on any atom is -0.354 e. The maximum absolute atomic E-state index is 12.3. The van der Waals surface area contributed by atoms with Crippen molar-refractivity contribution < 1.29 is 0 Å². The summed E-state index contributed by atoms with van der Waals surface area (Å²) in [6.07, 6.45) is 4.34. The van der Waals surface area contributed by atoms with Gasteiger partial charge in [0.25, 0.3) is 5.56 Å². The van der Waals surface area contributed by atoms with Crippen LogP contribution in [0.15, 0.2) is 29.2 Å². The molecule has 3 heterocycles. The summed E-state index contributed by atoms with van der Waals surface area (Å²) in [5, 5.41) is 1.59. The van der Waals surface area contributed by atoms with Gasteiger partial charge in [0.15, 0.2) is 0 Å². The second-order valence-corrected chi connectivity index (χ2v) is 10.1. The van der Waals surface area contributed by atoms with Crippen LogP contribution in [0.5, 0.6) is 0 Å². The molecule has 0 atom stereocenters. The number of hydrogen-bond acceptors (Lipinski definition) is 2. The molecule has 1 aromatic carbocycles. The van der Waals surface area contributed by atoms with Gasteiger partial charge < -0.3 is 14.5 Å². The van der Waals surface area contributed by atoms with E-state index >= 15 is 0 Å². The third-order valence-corrected chi connectivity index (χ3v) is 7.45. The second kappa shape index (κ2) is 8.48. The molecule has 0 aliphatic carbocycles. The SMILES string of the molecule is Cc1c(-c2[nH]c3ccc(C4CCN(C(C)C)CC4)cc3c2C(C)C)cn(C)c(=O)c1Cl. The number of aromatic nitrogens is 2. The minimum absolute atomic E-state index is 0.153. The number of H-pyrrole nitrogens is 1. The Bertz CT molecular complexity index is 1160. The average molecular weight is 440 g/mol. The molecule has 0 spiro atoms. The number of hydrogen-bond donors (Lipinski definition) is 1. The molecule has 4 rings (SSSR count). The maximum Gasteiger partial charge on any atom is 0.269 e. The number of likely N-dealkylation sites (tertiary alicyclic amines) is 1. The zero-order valence-corrected chi connectivity index (χ0v) is 20.3. The average Bonchev–Trinajstić information content (AvgIpc) is 3.13. The highest BCUT2D eigenvalue weighted by Gasteiger charge is 2.24. The molecule has 0 amide bonds. The highest BCUT2D eigenvalue weighted by atomic mass is 35.5. The van der Waals surface area contributed by atoms with Crippen molar-refractivity contribution in [2.75, 3.05) is 13.1 Å². The highest BCUT2D eigenvalue weighted by Crippen LogP contribution is 2.39. The van der Waals surface area contributed by atoms with Gasteiger partial charge in [-0.15, -0.1) is 0 Å². The monoisotopic (exact) mass is 439 g/mol. The highest BCUT2D eigenvalue weighted by molar-refractivity contribution is 6.31. The zero-order valence-electron chi connectivity index (χ0n) is 19.6. The first-order valence-electron chi connectivity index (χ1n) is 11.4. The first kappa shape index (κ1) is 22.2. The van der Waals surface area contributed by atoms with E-state index in [1.807, 2.05) is 13.1 Å². The molecule has 0 unspecified atom stereocenters. The van der Waals surface area contributed by atoms with Crippen molar-refractivity contribution in [1.29, 1.82) is 0 Å². The molecular weight excluding hydrogens is 406 g/mol. The van der Waals surface area contributed by atoms with Gasteiger partial charge in [0.1, 0.15) is 5.02 Å². The smallest absolute Gasteiger partial charge is 0.269 e. The van der Waals surface area contributed by atoms with E-state index in [0.717, 1.165) is 22.3 Å². The van der Waals surface area contributed by atoms with Crippen molar-refractivity contribution in [2.45, 2.75) is 65.3 Å². The summed E-state index contributed by atoms with van der Waals surface area (Å²) in [7, 11) is 1.76. The van der Waals surface area contributed by atoms with Gasteiger partial charge in [0, 0.05) is 35.8 Å². The number of aromatic amines is 1. The third kappa shape index (κ3) is 3.96. The van der Waals surface area contributed by atoms with Crippen LogP contribution < -0.4 is 5.56 Å². The Labute approximate surface area is 190 Å². The summed E-state index contributed by atoms with van der Waals surface area (Å²) in [6.45, 7) is 13.3. The Morgan fingerprint density at radius 3 is 2.42 bits per heavy atom. The molecule has 1 aliphatic rings. The third-order valence-electron chi connectivity index (χ3n) is 7.00. The topological polar surface area (TPSA) is 41.0 Å². The van der Waals surface area contributed by atoms with Crippen molar-refractivity contribution >= 4 is 22.5 Å². The minimum atomic E-state index is -0.153. The van der Waals surface area contributed by atoms with Crippen LogP contribution in [-0.4, -0.2) is 33.6 Å². The van der Waals surface area contributed by atoms with Crippen molar-refractivity contribution in [3.05, 3.63) is 56.5 Å². The summed E-state index contributed by atoms with van der Waals surface area (Å²) >= 11 is 6.38. The summed E-state index contributed by atoms with van der Waals surface area (Å²) in [4.78, 5) is 18.5. The normalized spacial score (nSPS) is 16.2. The van der Waals surface area contributed by atoms with Crippen LogP contribution in [0.2, 0.25) is 5.02 Å². The number of nitrogens with one attached hydrogen (secondary N) is 1. The number of piperidine rings is 1. The fourth-order valence-electron chi connectivity index (χ4n) is 5.08. The Kier molecular flexibility index (Phi) is 6.06. The summed E-state index contributed by atoms with van der Waals surface area (Å²) in [6, 6.07) is 7.55. The molecule has 166 valence electrons. The van der Waals surface area contributed by atoms with Crippen LogP contribution in [-0.2, 0) is 7.05 Å². The molecular formula is C26H34ClN3O. The summed E-state index contributed by atoms with van der Waals surface area (Å²) in [5.41, 5.74) is 6.64. The zero-order chi connectivity index (χ0) is 22.4. The molecule has 1 saturated heterocycles.